The maximum atomic E-state index is 11.0. The lowest BCUT2D eigenvalue weighted by Gasteiger charge is -2.13. The SMILES string of the molecule is CC(C)SC1=C(S(=O)O)CCC=C1. The van der Waals surface area contributed by atoms with Crippen molar-refractivity contribution in [3.8, 4) is 0 Å². The molecule has 1 rings (SSSR count). The van der Waals surface area contributed by atoms with E-state index in [4.69, 9.17) is 4.55 Å². The Morgan fingerprint density at radius 1 is 1.62 bits per heavy atom. The smallest absolute Gasteiger partial charge is 0.183 e. The minimum absolute atomic E-state index is 0.455. The Labute approximate surface area is 85.8 Å². The summed E-state index contributed by atoms with van der Waals surface area (Å²) in [5.41, 5.74) is 0. The van der Waals surface area contributed by atoms with Gasteiger partial charge in [-0.25, -0.2) is 4.21 Å². The molecule has 0 saturated carbocycles. The topological polar surface area (TPSA) is 37.3 Å². The predicted molar refractivity (Wildman–Crippen MR) is 58.9 cm³/mol. The maximum absolute atomic E-state index is 11.0. The van der Waals surface area contributed by atoms with Gasteiger partial charge in [0, 0.05) is 10.2 Å². The van der Waals surface area contributed by atoms with E-state index in [2.05, 4.69) is 19.9 Å². The first-order chi connectivity index (χ1) is 6.11. The third-order valence-electron chi connectivity index (χ3n) is 1.66. The third kappa shape index (κ3) is 3.29. The first-order valence-corrected chi connectivity index (χ1v) is 6.27. The molecule has 1 N–H and O–H groups in total. The van der Waals surface area contributed by atoms with Crippen LogP contribution < -0.4 is 0 Å². The Balaban J connectivity index is 2.84. The first-order valence-electron chi connectivity index (χ1n) is 4.28. The van der Waals surface area contributed by atoms with Crippen molar-refractivity contribution >= 4 is 22.8 Å². The summed E-state index contributed by atoms with van der Waals surface area (Å²) in [4.78, 5) is 1.66. The molecule has 1 aliphatic carbocycles. The molecule has 0 radical (unpaired) electrons. The molecule has 74 valence electrons. The minimum Gasteiger partial charge on any atom is -0.302 e. The van der Waals surface area contributed by atoms with E-state index in [0.29, 0.717) is 16.6 Å². The molecule has 0 bridgehead atoms. The number of rotatable bonds is 3. The lowest BCUT2D eigenvalue weighted by Crippen LogP contribution is -2.01. The van der Waals surface area contributed by atoms with Crippen molar-refractivity contribution in [1.82, 2.24) is 0 Å². The van der Waals surface area contributed by atoms with E-state index in [0.717, 1.165) is 11.3 Å². The molecule has 0 spiro atoms. The molecule has 13 heavy (non-hydrogen) atoms. The van der Waals surface area contributed by atoms with Crippen molar-refractivity contribution in [2.24, 2.45) is 0 Å². The molecule has 0 amide bonds. The predicted octanol–water partition coefficient (Wildman–Crippen LogP) is 2.91. The molecule has 1 unspecified atom stereocenters. The van der Waals surface area contributed by atoms with Crippen molar-refractivity contribution in [3.63, 3.8) is 0 Å². The zero-order chi connectivity index (χ0) is 9.84. The van der Waals surface area contributed by atoms with Gasteiger partial charge in [0.2, 0.25) is 0 Å². The summed E-state index contributed by atoms with van der Waals surface area (Å²) < 4.78 is 20.0. The molecular weight excluding hydrogens is 204 g/mol. The van der Waals surface area contributed by atoms with Crippen LogP contribution in [-0.2, 0) is 11.1 Å². The van der Waals surface area contributed by atoms with Gasteiger partial charge in [0.25, 0.3) is 0 Å². The summed E-state index contributed by atoms with van der Waals surface area (Å²) in [5.74, 6) is 0. The van der Waals surface area contributed by atoms with Crippen molar-refractivity contribution in [2.75, 3.05) is 0 Å². The van der Waals surface area contributed by atoms with Gasteiger partial charge in [0.05, 0.1) is 4.91 Å². The lowest BCUT2D eigenvalue weighted by molar-refractivity contribution is 0.569. The zero-order valence-corrected chi connectivity index (χ0v) is 9.45. The Hall–Kier alpha value is -0.0600. The van der Waals surface area contributed by atoms with Gasteiger partial charge in [0.1, 0.15) is 0 Å². The Morgan fingerprint density at radius 3 is 2.85 bits per heavy atom. The average Bonchev–Trinajstić information content (AvgIpc) is 2.03. The Morgan fingerprint density at radius 2 is 2.31 bits per heavy atom. The lowest BCUT2D eigenvalue weighted by atomic mass is 10.2. The quantitative estimate of drug-likeness (QED) is 0.740. The molecule has 0 saturated heterocycles. The fourth-order valence-electron chi connectivity index (χ4n) is 1.15. The second kappa shape index (κ2) is 4.98. The molecule has 0 aromatic rings. The molecule has 1 atom stereocenters. The highest BCUT2D eigenvalue weighted by molar-refractivity contribution is 8.04. The third-order valence-corrected chi connectivity index (χ3v) is 3.74. The van der Waals surface area contributed by atoms with E-state index in [9.17, 15) is 4.21 Å². The molecule has 0 heterocycles. The van der Waals surface area contributed by atoms with Crippen LogP contribution in [0.4, 0.5) is 0 Å². The second-order valence-electron chi connectivity index (χ2n) is 3.14. The van der Waals surface area contributed by atoms with Gasteiger partial charge < -0.3 is 4.55 Å². The van der Waals surface area contributed by atoms with Crippen LogP contribution in [0.1, 0.15) is 26.7 Å². The maximum Gasteiger partial charge on any atom is 0.183 e. The van der Waals surface area contributed by atoms with Crippen LogP contribution >= 0.6 is 11.8 Å². The van der Waals surface area contributed by atoms with Gasteiger partial charge in [-0.15, -0.1) is 11.8 Å². The van der Waals surface area contributed by atoms with E-state index in [1.165, 1.54) is 0 Å². The van der Waals surface area contributed by atoms with Crippen LogP contribution in [0.15, 0.2) is 22.0 Å². The highest BCUT2D eigenvalue weighted by Crippen LogP contribution is 2.32. The van der Waals surface area contributed by atoms with Crippen LogP contribution in [-0.4, -0.2) is 14.0 Å². The monoisotopic (exact) mass is 218 g/mol. The highest BCUT2D eigenvalue weighted by Gasteiger charge is 2.14. The summed E-state index contributed by atoms with van der Waals surface area (Å²) in [6.45, 7) is 4.16. The largest absolute Gasteiger partial charge is 0.302 e. The van der Waals surface area contributed by atoms with Crippen molar-refractivity contribution in [2.45, 2.75) is 31.9 Å². The zero-order valence-electron chi connectivity index (χ0n) is 7.82. The Bertz CT molecular complexity index is 267. The fourth-order valence-corrected chi connectivity index (χ4v) is 2.96. The normalized spacial score (nSPS) is 19.7. The average molecular weight is 218 g/mol. The number of allylic oxidation sites excluding steroid dienone is 3. The van der Waals surface area contributed by atoms with E-state index < -0.39 is 11.1 Å². The summed E-state index contributed by atoms with van der Waals surface area (Å²) in [6.07, 6.45) is 5.61. The molecular formula is C9H14O2S2. The molecule has 2 nitrogen and oxygen atoms in total. The van der Waals surface area contributed by atoms with Gasteiger partial charge in [-0.1, -0.05) is 26.0 Å². The van der Waals surface area contributed by atoms with E-state index in [1.54, 1.807) is 11.8 Å². The van der Waals surface area contributed by atoms with Crippen molar-refractivity contribution in [1.29, 1.82) is 0 Å². The van der Waals surface area contributed by atoms with Crippen LogP contribution in [0.3, 0.4) is 0 Å². The standard InChI is InChI=1S/C9H14O2S2/c1-7(2)12-8-5-3-4-6-9(8)13(10)11/h3,5,7H,4,6H2,1-2H3,(H,10,11). The van der Waals surface area contributed by atoms with Gasteiger partial charge in [-0.3, -0.25) is 0 Å². The highest BCUT2D eigenvalue weighted by atomic mass is 32.2. The van der Waals surface area contributed by atoms with Gasteiger partial charge >= 0.3 is 0 Å². The summed E-state index contributed by atoms with van der Waals surface area (Å²) in [5, 5.41) is 0.455. The Kier molecular flexibility index (Phi) is 4.22. The second-order valence-corrected chi connectivity index (χ2v) is 5.75. The summed E-state index contributed by atoms with van der Waals surface area (Å²) in [7, 11) is 0. The van der Waals surface area contributed by atoms with Gasteiger partial charge in [-0.2, -0.15) is 0 Å². The fraction of sp³-hybridized carbons (Fsp3) is 0.556. The van der Waals surface area contributed by atoms with E-state index >= 15 is 0 Å². The van der Waals surface area contributed by atoms with Crippen LogP contribution in [0.5, 0.6) is 0 Å². The van der Waals surface area contributed by atoms with Crippen LogP contribution in [0.2, 0.25) is 0 Å². The van der Waals surface area contributed by atoms with E-state index in [-0.39, 0.29) is 0 Å². The molecule has 0 aromatic heterocycles. The van der Waals surface area contributed by atoms with Crippen LogP contribution in [0.25, 0.3) is 0 Å². The van der Waals surface area contributed by atoms with E-state index in [1.807, 2.05) is 6.08 Å². The first kappa shape index (κ1) is 11.0. The minimum atomic E-state index is -1.79. The number of hydrogen-bond donors (Lipinski definition) is 1. The molecule has 4 heteroatoms. The summed E-state index contributed by atoms with van der Waals surface area (Å²) in [6, 6.07) is 0. The molecule has 1 aliphatic rings. The van der Waals surface area contributed by atoms with Crippen molar-refractivity contribution in [3.05, 3.63) is 22.0 Å². The summed E-state index contributed by atoms with van der Waals surface area (Å²) >= 11 is -0.139. The molecule has 0 aromatic carbocycles. The van der Waals surface area contributed by atoms with Gasteiger partial charge in [0.15, 0.2) is 11.1 Å². The number of hydrogen-bond acceptors (Lipinski definition) is 2. The molecule has 0 fully saturated rings. The van der Waals surface area contributed by atoms with Crippen LogP contribution in [0, 0.1) is 0 Å². The van der Waals surface area contributed by atoms with Crippen molar-refractivity contribution < 1.29 is 8.76 Å². The number of thioether (sulfide) groups is 1. The van der Waals surface area contributed by atoms with Gasteiger partial charge in [-0.05, 0) is 12.8 Å². The molecule has 0 aliphatic heterocycles.